The molecule has 10 heteroatoms. The third-order valence-corrected chi connectivity index (χ3v) is 4.48. The molecule has 1 aromatic rings. The van der Waals surface area contributed by atoms with Crippen molar-refractivity contribution >= 4 is 23.5 Å². The number of amides is 2. The van der Waals surface area contributed by atoms with Gasteiger partial charge in [-0.25, -0.2) is 0 Å². The van der Waals surface area contributed by atoms with Crippen LogP contribution in [0.1, 0.15) is 5.56 Å². The van der Waals surface area contributed by atoms with Gasteiger partial charge in [0.1, 0.15) is 0 Å². The van der Waals surface area contributed by atoms with E-state index in [1.54, 1.807) is 24.1 Å². The average Bonchev–Trinajstić information content (AvgIpc) is 2.59. The van der Waals surface area contributed by atoms with Crippen LogP contribution in [0, 0.1) is 0 Å². The number of hydrogen-bond donors (Lipinski definition) is 4. The summed E-state index contributed by atoms with van der Waals surface area (Å²) in [5.74, 6) is -2.01. The SMILES string of the molecule is CN(CCN(C)CC(Cc1ccc(N)cc1)N(CC(N)=O)CC(=O)O)CC(N)=O. The summed E-state index contributed by atoms with van der Waals surface area (Å²) >= 11 is 0. The number of likely N-dealkylation sites (N-methyl/N-ethyl adjacent to an activating group) is 2. The maximum Gasteiger partial charge on any atom is 0.317 e. The second kappa shape index (κ2) is 12.0. The van der Waals surface area contributed by atoms with Crippen LogP contribution in [-0.2, 0) is 20.8 Å². The van der Waals surface area contributed by atoms with Crippen molar-refractivity contribution in [1.82, 2.24) is 14.7 Å². The first-order chi connectivity index (χ1) is 13.6. The monoisotopic (exact) mass is 408 g/mol. The number of benzene rings is 1. The Hall–Kier alpha value is -2.69. The Morgan fingerprint density at radius 1 is 0.931 bits per heavy atom. The number of nitrogens with zero attached hydrogens (tertiary/aromatic N) is 3. The van der Waals surface area contributed by atoms with Gasteiger partial charge in [-0.2, -0.15) is 0 Å². The predicted molar refractivity (Wildman–Crippen MR) is 111 cm³/mol. The highest BCUT2D eigenvalue weighted by atomic mass is 16.4. The normalized spacial score (nSPS) is 12.4. The Bertz CT molecular complexity index is 666. The van der Waals surface area contributed by atoms with E-state index in [1.807, 2.05) is 29.0 Å². The second-order valence-corrected chi connectivity index (χ2v) is 7.33. The summed E-state index contributed by atoms with van der Waals surface area (Å²) in [6, 6.07) is 7.07. The van der Waals surface area contributed by atoms with E-state index in [-0.39, 0.29) is 25.7 Å². The van der Waals surface area contributed by atoms with E-state index in [2.05, 4.69) is 0 Å². The highest BCUT2D eigenvalue weighted by molar-refractivity contribution is 5.77. The van der Waals surface area contributed by atoms with Crippen molar-refractivity contribution in [2.24, 2.45) is 11.5 Å². The number of carbonyl (C=O) groups excluding carboxylic acids is 2. The van der Waals surface area contributed by atoms with Gasteiger partial charge in [-0.15, -0.1) is 0 Å². The first-order valence-electron chi connectivity index (χ1n) is 9.30. The third-order valence-electron chi connectivity index (χ3n) is 4.48. The standard InChI is InChI=1S/C19H32N6O4/c1-23(7-8-24(2)11-17(21)26)10-16(9-14-3-5-15(20)6-4-14)25(12-18(22)27)13-19(28)29/h3-6,16H,7-13,20H2,1-2H3,(H2,21,26)(H2,22,27)(H,28,29). The van der Waals surface area contributed by atoms with E-state index in [1.165, 1.54) is 0 Å². The number of hydrogen-bond acceptors (Lipinski definition) is 7. The van der Waals surface area contributed by atoms with E-state index < -0.39 is 17.8 Å². The summed E-state index contributed by atoms with van der Waals surface area (Å²) in [6.07, 6.45) is 0.530. The number of primary amides is 2. The van der Waals surface area contributed by atoms with Crippen molar-refractivity contribution in [3.05, 3.63) is 29.8 Å². The third kappa shape index (κ3) is 10.4. The summed E-state index contributed by atoms with van der Waals surface area (Å²) in [4.78, 5) is 39.2. The van der Waals surface area contributed by atoms with Crippen LogP contribution in [0.5, 0.6) is 0 Å². The van der Waals surface area contributed by atoms with Gasteiger partial charge in [-0.05, 0) is 38.2 Å². The first-order valence-corrected chi connectivity index (χ1v) is 9.30. The molecule has 0 aromatic heterocycles. The van der Waals surface area contributed by atoms with Crippen molar-refractivity contribution in [1.29, 1.82) is 0 Å². The van der Waals surface area contributed by atoms with Crippen molar-refractivity contribution < 1.29 is 19.5 Å². The van der Waals surface area contributed by atoms with Gasteiger partial charge in [0.15, 0.2) is 0 Å². The maximum absolute atomic E-state index is 11.5. The zero-order valence-corrected chi connectivity index (χ0v) is 17.1. The highest BCUT2D eigenvalue weighted by Crippen LogP contribution is 2.13. The molecule has 1 atom stereocenters. The van der Waals surface area contributed by atoms with E-state index in [4.69, 9.17) is 17.2 Å². The van der Waals surface area contributed by atoms with Crippen LogP contribution in [0.15, 0.2) is 24.3 Å². The molecule has 1 rings (SSSR count). The maximum atomic E-state index is 11.5. The van der Waals surface area contributed by atoms with Crippen LogP contribution < -0.4 is 17.2 Å². The fourth-order valence-electron chi connectivity index (χ4n) is 3.06. The molecule has 10 nitrogen and oxygen atoms in total. The van der Waals surface area contributed by atoms with Gasteiger partial charge in [0, 0.05) is 31.4 Å². The predicted octanol–water partition coefficient (Wildman–Crippen LogP) is -1.60. The molecule has 0 fully saturated rings. The molecular formula is C19H32N6O4. The molecule has 1 unspecified atom stereocenters. The number of nitrogens with two attached hydrogens (primary N) is 3. The zero-order chi connectivity index (χ0) is 22.0. The summed E-state index contributed by atoms with van der Waals surface area (Å²) in [5, 5.41) is 9.27. The fourth-order valence-corrected chi connectivity index (χ4v) is 3.06. The van der Waals surface area contributed by atoms with Crippen LogP contribution in [0.3, 0.4) is 0 Å². The summed E-state index contributed by atoms with van der Waals surface area (Å²) in [6.45, 7) is 1.48. The molecule has 0 aliphatic carbocycles. The number of anilines is 1. The summed E-state index contributed by atoms with van der Waals surface area (Å²) < 4.78 is 0. The quantitative estimate of drug-likeness (QED) is 0.268. The molecule has 0 bridgehead atoms. The average molecular weight is 409 g/mol. The number of carboxylic acids is 1. The number of carboxylic acid groups (broad SMARTS) is 1. The summed E-state index contributed by atoms with van der Waals surface area (Å²) in [7, 11) is 3.70. The molecule has 0 aliphatic heterocycles. The minimum absolute atomic E-state index is 0.151. The van der Waals surface area contributed by atoms with Gasteiger partial charge in [-0.3, -0.25) is 24.2 Å². The molecule has 0 saturated carbocycles. The first kappa shape index (κ1) is 24.3. The molecular weight excluding hydrogens is 376 g/mol. The highest BCUT2D eigenvalue weighted by Gasteiger charge is 2.24. The lowest BCUT2D eigenvalue weighted by atomic mass is 10.0. The molecule has 2 amide bonds. The Morgan fingerprint density at radius 3 is 2.00 bits per heavy atom. The molecule has 0 radical (unpaired) electrons. The molecule has 7 N–H and O–H groups in total. The molecule has 162 valence electrons. The molecule has 0 saturated heterocycles. The van der Waals surface area contributed by atoms with Gasteiger partial charge in [0.05, 0.1) is 19.6 Å². The molecule has 0 spiro atoms. The lowest BCUT2D eigenvalue weighted by Crippen LogP contribution is -2.50. The number of nitrogen functional groups attached to an aromatic ring is 1. The van der Waals surface area contributed by atoms with Gasteiger partial charge in [0.2, 0.25) is 11.8 Å². The second-order valence-electron chi connectivity index (χ2n) is 7.33. The van der Waals surface area contributed by atoms with Crippen LogP contribution >= 0.6 is 0 Å². The number of aliphatic carboxylic acids is 1. The number of carbonyl (C=O) groups is 3. The Labute approximate surface area is 171 Å². The van der Waals surface area contributed by atoms with E-state index in [9.17, 15) is 19.5 Å². The molecule has 0 aliphatic rings. The van der Waals surface area contributed by atoms with E-state index in [0.29, 0.717) is 31.7 Å². The van der Waals surface area contributed by atoms with Gasteiger partial charge in [0.25, 0.3) is 0 Å². The van der Waals surface area contributed by atoms with Crippen LogP contribution in [0.25, 0.3) is 0 Å². The summed E-state index contributed by atoms with van der Waals surface area (Å²) in [5.41, 5.74) is 17.9. The molecule has 29 heavy (non-hydrogen) atoms. The minimum atomic E-state index is -1.03. The Balaban J connectivity index is 2.89. The Kier molecular flexibility index (Phi) is 10.1. The minimum Gasteiger partial charge on any atom is -0.480 e. The van der Waals surface area contributed by atoms with Gasteiger partial charge in [-0.1, -0.05) is 12.1 Å². The van der Waals surface area contributed by atoms with Crippen molar-refractivity contribution in [3.63, 3.8) is 0 Å². The fraction of sp³-hybridized carbons (Fsp3) is 0.526. The Morgan fingerprint density at radius 2 is 1.48 bits per heavy atom. The lowest BCUT2D eigenvalue weighted by Gasteiger charge is -2.33. The van der Waals surface area contributed by atoms with Crippen molar-refractivity contribution in [3.8, 4) is 0 Å². The van der Waals surface area contributed by atoms with Crippen LogP contribution in [-0.4, -0.2) is 97.0 Å². The van der Waals surface area contributed by atoms with Crippen molar-refractivity contribution in [2.75, 3.05) is 59.1 Å². The smallest absolute Gasteiger partial charge is 0.317 e. The van der Waals surface area contributed by atoms with Crippen LogP contribution in [0.4, 0.5) is 5.69 Å². The lowest BCUT2D eigenvalue weighted by molar-refractivity contribution is -0.139. The van der Waals surface area contributed by atoms with Crippen LogP contribution in [0.2, 0.25) is 0 Å². The van der Waals surface area contributed by atoms with Gasteiger partial charge >= 0.3 is 5.97 Å². The van der Waals surface area contributed by atoms with E-state index >= 15 is 0 Å². The molecule has 1 aromatic carbocycles. The topological polar surface area (TPSA) is 159 Å². The van der Waals surface area contributed by atoms with Gasteiger partial charge < -0.3 is 27.2 Å². The van der Waals surface area contributed by atoms with E-state index in [0.717, 1.165) is 5.56 Å². The van der Waals surface area contributed by atoms with Crippen molar-refractivity contribution in [2.45, 2.75) is 12.5 Å². The largest absolute Gasteiger partial charge is 0.480 e. The molecule has 0 heterocycles. The zero-order valence-electron chi connectivity index (χ0n) is 17.1. The number of rotatable bonds is 14.